The fourth-order valence-corrected chi connectivity index (χ4v) is 4.12. The van der Waals surface area contributed by atoms with Crippen LogP contribution in [0.2, 0.25) is 0 Å². The van der Waals surface area contributed by atoms with Gasteiger partial charge in [-0.05, 0) is 48.5 Å². The van der Waals surface area contributed by atoms with Gasteiger partial charge in [0, 0.05) is 33.4 Å². The minimum Gasteiger partial charge on any atom is -0.493 e. The van der Waals surface area contributed by atoms with E-state index in [-0.39, 0.29) is 0 Å². The quantitative estimate of drug-likeness (QED) is 0.273. The third-order valence-electron chi connectivity index (χ3n) is 6.20. The van der Waals surface area contributed by atoms with Gasteiger partial charge in [-0.1, -0.05) is 59.8 Å². The molecule has 0 aromatic heterocycles. The highest BCUT2D eigenvalue weighted by atomic mass is 16.5. The molecular formula is C36H30O6. The van der Waals surface area contributed by atoms with Gasteiger partial charge in [-0.25, -0.2) is 0 Å². The number of methoxy groups -OCH3 is 6. The lowest BCUT2D eigenvalue weighted by molar-refractivity contribution is 0.324. The predicted molar refractivity (Wildman–Crippen MR) is 163 cm³/mol. The molecule has 4 aromatic rings. The van der Waals surface area contributed by atoms with Gasteiger partial charge in [0.05, 0.1) is 42.7 Å². The summed E-state index contributed by atoms with van der Waals surface area (Å²) >= 11 is 0. The molecule has 0 fully saturated rings. The number of rotatable bonds is 6. The summed E-state index contributed by atoms with van der Waals surface area (Å²) < 4.78 is 32.6. The highest BCUT2D eigenvalue weighted by Crippen LogP contribution is 2.39. The maximum atomic E-state index is 5.45. The monoisotopic (exact) mass is 558 g/mol. The molecule has 6 heteroatoms. The highest BCUT2D eigenvalue weighted by molar-refractivity contribution is 5.62. The molecule has 6 nitrogen and oxygen atoms in total. The van der Waals surface area contributed by atoms with Crippen LogP contribution in [0.5, 0.6) is 34.5 Å². The molecule has 0 unspecified atom stereocenters. The third-order valence-corrected chi connectivity index (χ3v) is 6.20. The second-order valence-corrected chi connectivity index (χ2v) is 8.67. The van der Waals surface area contributed by atoms with Crippen LogP contribution in [0.3, 0.4) is 0 Å². The van der Waals surface area contributed by atoms with Gasteiger partial charge in [-0.3, -0.25) is 0 Å². The molecule has 0 aliphatic heterocycles. The van der Waals surface area contributed by atoms with Gasteiger partial charge < -0.3 is 28.4 Å². The van der Waals surface area contributed by atoms with Crippen molar-refractivity contribution in [2.45, 2.75) is 0 Å². The number of ether oxygens (including phenoxy) is 6. The average Bonchev–Trinajstić information content (AvgIpc) is 3.04. The van der Waals surface area contributed by atoms with E-state index in [9.17, 15) is 0 Å². The SMILES string of the molecule is COc1cc(C#Cc2ccccc2C#Cc2ccccc2C#Cc2cc(OC)c(OC)c(OC)c2)cc(OC)c1OC. The molecule has 0 radical (unpaired) electrons. The maximum Gasteiger partial charge on any atom is 0.203 e. The highest BCUT2D eigenvalue weighted by Gasteiger charge is 2.13. The van der Waals surface area contributed by atoms with E-state index in [1.807, 2.05) is 72.8 Å². The normalized spacial score (nSPS) is 9.57. The van der Waals surface area contributed by atoms with Gasteiger partial charge in [0.25, 0.3) is 0 Å². The van der Waals surface area contributed by atoms with Gasteiger partial charge >= 0.3 is 0 Å². The summed E-state index contributed by atoms with van der Waals surface area (Å²) in [4.78, 5) is 0. The van der Waals surface area contributed by atoms with E-state index in [1.54, 1.807) is 42.7 Å². The average molecular weight is 559 g/mol. The van der Waals surface area contributed by atoms with Crippen molar-refractivity contribution < 1.29 is 28.4 Å². The molecule has 0 aliphatic rings. The molecule has 0 N–H and O–H groups in total. The molecular weight excluding hydrogens is 528 g/mol. The molecule has 210 valence electrons. The zero-order chi connectivity index (χ0) is 29.9. The minimum atomic E-state index is 0.517. The van der Waals surface area contributed by atoms with Crippen LogP contribution in [-0.4, -0.2) is 42.7 Å². The first-order valence-corrected chi connectivity index (χ1v) is 12.9. The molecule has 4 aromatic carbocycles. The number of hydrogen-bond acceptors (Lipinski definition) is 6. The molecule has 0 spiro atoms. The Morgan fingerprint density at radius 3 is 0.857 bits per heavy atom. The Bertz CT molecular complexity index is 1590. The van der Waals surface area contributed by atoms with Crippen molar-refractivity contribution in [1.29, 1.82) is 0 Å². The van der Waals surface area contributed by atoms with Crippen LogP contribution in [0.15, 0.2) is 72.8 Å². The van der Waals surface area contributed by atoms with E-state index in [0.717, 1.165) is 33.4 Å². The van der Waals surface area contributed by atoms with Crippen LogP contribution in [0.1, 0.15) is 33.4 Å². The van der Waals surface area contributed by atoms with E-state index >= 15 is 0 Å². The van der Waals surface area contributed by atoms with Crippen LogP contribution in [0.4, 0.5) is 0 Å². The van der Waals surface area contributed by atoms with E-state index in [4.69, 9.17) is 28.4 Å². The van der Waals surface area contributed by atoms with Crippen molar-refractivity contribution in [1.82, 2.24) is 0 Å². The Labute approximate surface area is 247 Å². The lowest BCUT2D eigenvalue weighted by Crippen LogP contribution is -1.95. The second kappa shape index (κ2) is 14.1. The Balaban J connectivity index is 1.67. The first kappa shape index (κ1) is 29.3. The summed E-state index contributed by atoms with van der Waals surface area (Å²) in [6.45, 7) is 0. The van der Waals surface area contributed by atoms with Crippen molar-refractivity contribution in [3.63, 3.8) is 0 Å². The summed E-state index contributed by atoms with van der Waals surface area (Å²) in [5.74, 6) is 22.6. The maximum absolute atomic E-state index is 5.45. The first-order valence-electron chi connectivity index (χ1n) is 12.9. The van der Waals surface area contributed by atoms with Crippen molar-refractivity contribution in [3.8, 4) is 70.0 Å². The van der Waals surface area contributed by atoms with Crippen LogP contribution < -0.4 is 28.4 Å². The largest absolute Gasteiger partial charge is 0.493 e. The lowest BCUT2D eigenvalue weighted by atomic mass is 10.0. The van der Waals surface area contributed by atoms with Crippen LogP contribution in [0.25, 0.3) is 0 Å². The molecule has 0 saturated heterocycles. The summed E-state index contributed by atoms with van der Waals surface area (Å²) in [5, 5.41) is 0. The number of benzene rings is 4. The Morgan fingerprint density at radius 1 is 0.357 bits per heavy atom. The summed E-state index contributed by atoms with van der Waals surface area (Å²) in [5.41, 5.74) is 4.62. The molecule has 0 heterocycles. The molecule has 0 amide bonds. The van der Waals surface area contributed by atoms with E-state index in [1.165, 1.54) is 0 Å². The van der Waals surface area contributed by atoms with E-state index in [2.05, 4.69) is 35.5 Å². The van der Waals surface area contributed by atoms with Crippen LogP contribution in [-0.2, 0) is 0 Å². The summed E-state index contributed by atoms with van der Waals surface area (Å²) in [6, 6.07) is 22.7. The fourth-order valence-electron chi connectivity index (χ4n) is 4.12. The Kier molecular flexibility index (Phi) is 9.87. The molecule has 0 bridgehead atoms. The third kappa shape index (κ3) is 6.73. The van der Waals surface area contributed by atoms with Crippen molar-refractivity contribution in [3.05, 3.63) is 106 Å². The van der Waals surface area contributed by atoms with Gasteiger partial charge in [-0.2, -0.15) is 0 Å². The standard InChI is InChI=1S/C36H30O6/c1-37-31-21-25(22-32(38-2)35(31)41-5)15-17-27-11-7-9-13-29(27)19-20-30-14-10-8-12-28(30)18-16-26-23-33(39-3)36(42-6)34(24-26)40-4/h7-14,21-24H,1-6H3. The first-order chi connectivity index (χ1) is 20.5. The molecule has 42 heavy (non-hydrogen) atoms. The van der Waals surface area contributed by atoms with Crippen molar-refractivity contribution in [2.24, 2.45) is 0 Å². The smallest absolute Gasteiger partial charge is 0.203 e. The van der Waals surface area contributed by atoms with E-state index in [0.29, 0.717) is 34.5 Å². The molecule has 0 saturated carbocycles. The van der Waals surface area contributed by atoms with Crippen LogP contribution >= 0.6 is 0 Å². The minimum absolute atomic E-state index is 0.517. The molecule has 0 atom stereocenters. The zero-order valence-corrected chi connectivity index (χ0v) is 24.4. The molecule has 0 aliphatic carbocycles. The van der Waals surface area contributed by atoms with Crippen molar-refractivity contribution in [2.75, 3.05) is 42.7 Å². The lowest BCUT2D eigenvalue weighted by Gasteiger charge is -2.12. The predicted octanol–water partition coefficient (Wildman–Crippen LogP) is 5.94. The summed E-state index contributed by atoms with van der Waals surface area (Å²) in [6.07, 6.45) is 0. The van der Waals surface area contributed by atoms with Gasteiger partial charge in [0.1, 0.15) is 0 Å². The van der Waals surface area contributed by atoms with Crippen LogP contribution in [0, 0.1) is 35.5 Å². The zero-order valence-electron chi connectivity index (χ0n) is 24.4. The fraction of sp³-hybridized carbons (Fsp3) is 0.167. The van der Waals surface area contributed by atoms with Gasteiger partial charge in [-0.15, -0.1) is 0 Å². The molecule has 4 rings (SSSR count). The second-order valence-electron chi connectivity index (χ2n) is 8.67. The summed E-state index contributed by atoms with van der Waals surface area (Å²) in [7, 11) is 9.44. The van der Waals surface area contributed by atoms with E-state index < -0.39 is 0 Å². The Hall–Kier alpha value is -5.64. The topological polar surface area (TPSA) is 55.4 Å². The van der Waals surface area contributed by atoms with Gasteiger partial charge in [0.15, 0.2) is 23.0 Å². The number of hydrogen-bond donors (Lipinski definition) is 0. The Morgan fingerprint density at radius 2 is 0.619 bits per heavy atom. The van der Waals surface area contributed by atoms with Gasteiger partial charge in [0.2, 0.25) is 11.5 Å². The van der Waals surface area contributed by atoms with Crippen molar-refractivity contribution >= 4 is 0 Å².